The van der Waals surface area contributed by atoms with Crippen LogP contribution in [0.3, 0.4) is 0 Å². The molecular weight excluding hydrogens is 334 g/mol. The Hall–Kier alpha value is -2.50. The monoisotopic (exact) mass is 345 g/mol. The molecule has 9 heteroatoms. The number of halogens is 1. The highest BCUT2D eigenvalue weighted by molar-refractivity contribution is 7.10. The second-order valence-corrected chi connectivity index (χ2v) is 5.96. The van der Waals surface area contributed by atoms with Gasteiger partial charge in [-0.25, -0.2) is 9.97 Å². The molecule has 23 heavy (non-hydrogen) atoms. The molecule has 1 N–H and O–H groups in total. The summed E-state index contributed by atoms with van der Waals surface area (Å²) >= 11 is 7.54. The quantitative estimate of drug-likeness (QED) is 0.761. The van der Waals surface area contributed by atoms with Gasteiger partial charge in [-0.3, -0.25) is 4.68 Å². The largest absolute Gasteiger partial charge is 0.314 e. The van der Waals surface area contributed by atoms with Crippen LogP contribution in [0.15, 0.2) is 24.7 Å². The summed E-state index contributed by atoms with van der Waals surface area (Å²) < 4.78 is 5.89. The molecule has 0 spiro atoms. The zero-order valence-corrected chi connectivity index (χ0v) is 13.8. The molecule has 0 unspecified atom stereocenters. The number of rotatable bonds is 5. The lowest BCUT2D eigenvalue weighted by atomic mass is 10.2. The van der Waals surface area contributed by atoms with Gasteiger partial charge in [0.2, 0.25) is 5.95 Å². The van der Waals surface area contributed by atoms with Crippen molar-refractivity contribution >= 4 is 34.1 Å². The molecule has 0 fully saturated rings. The van der Waals surface area contributed by atoms with Crippen molar-refractivity contribution < 1.29 is 0 Å². The third-order valence-electron chi connectivity index (χ3n) is 2.97. The Bertz CT molecular complexity index is 864. The van der Waals surface area contributed by atoms with E-state index < -0.39 is 0 Å². The van der Waals surface area contributed by atoms with Crippen LogP contribution in [0.1, 0.15) is 12.1 Å². The Morgan fingerprint density at radius 1 is 1.43 bits per heavy atom. The zero-order chi connectivity index (χ0) is 16.2. The Morgan fingerprint density at radius 2 is 2.30 bits per heavy atom. The minimum absolute atomic E-state index is 0.399. The molecule has 3 aromatic heterocycles. The van der Waals surface area contributed by atoms with E-state index in [0.717, 1.165) is 16.3 Å². The number of aryl methyl sites for hydroxylation is 2. The highest BCUT2D eigenvalue weighted by atomic mass is 35.5. The predicted molar refractivity (Wildman–Crippen MR) is 88.6 cm³/mol. The lowest BCUT2D eigenvalue weighted by Gasteiger charge is -2.05. The minimum Gasteiger partial charge on any atom is -0.314 e. The molecule has 0 radical (unpaired) electrons. The highest BCUT2D eigenvalue weighted by Gasteiger charge is 2.11. The van der Waals surface area contributed by atoms with E-state index in [2.05, 4.69) is 30.8 Å². The molecule has 3 aromatic rings. The van der Waals surface area contributed by atoms with E-state index in [1.807, 2.05) is 19.2 Å². The minimum atomic E-state index is 0.399. The second-order valence-electron chi connectivity index (χ2n) is 4.75. The fourth-order valence-corrected chi connectivity index (χ4v) is 2.79. The number of aromatic nitrogens is 5. The first-order valence-corrected chi connectivity index (χ1v) is 7.93. The van der Waals surface area contributed by atoms with Gasteiger partial charge in [-0.1, -0.05) is 11.6 Å². The summed E-state index contributed by atoms with van der Waals surface area (Å²) in [4.78, 5) is 8.63. The number of hydrogen-bond acceptors (Lipinski definition) is 7. The summed E-state index contributed by atoms with van der Waals surface area (Å²) in [6.45, 7) is 2.45. The Kier molecular flexibility index (Phi) is 4.50. The van der Waals surface area contributed by atoms with Gasteiger partial charge >= 0.3 is 0 Å². The van der Waals surface area contributed by atoms with E-state index in [9.17, 15) is 0 Å². The Labute approximate surface area is 141 Å². The van der Waals surface area contributed by atoms with Crippen molar-refractivity contribution in [2.75, 3.05) is 5.32 Å². The van der Waals surface area contributed by atoms with Gasteiger partial charge in [-0.15, -0.1) is 0 Å². The van der Waals surface area contributed by atoms with Crippen LogP contribution >= 0.6 is 23.1 Å². The van der Waals surface area contributed by atoms with Gasteiger partial charge < -0.3 is 5.32 Å². The van der Waals surface area contributed by atoms with Crippen molar-refractivity contribution in [3.63, 3.8) is 0 Å². The molecule has 0 aromatic carbocycles. The number of nitrogens with zero attached hydrogens (tertiary/aromatic N) is 6. The topological polar surface area (TPSA) is 92.3 Å². The van der Waals surface area contributed by atoms with Gasteiger partial charge in [0.15, 0.2) is 0 Å². The van der Waals surface area contributed by atoms with Crippen molar-refractivity contribution in [2.24, 2.45) is 0 Å². The molecule has 0 bridgehead atoms. The lowest BCUT2D eigenvalue weighted by Crippen LogP contribution is -1.98. The van der Waals surface area contributed by atoms with Gasteiger partial charge in [0.25, 0.3) is 0 Å². The van der Waals surface area contributed by atoms with E-state index in [1.165, 1.54) is 11.5 Å². The van der Waals surface area contributed by atoms with Gasteiger partial charge in [-0.2, -0.15) is 14.7 Å². The second kappa shape index (κ2) is 6.73. The maximum atomic E-state index is 8.63. The first kappa shape index (κ1) is 15.4. The summed E-state index contributed by atoms with van der Waals surface area (Å²) in [5, 5.41) is 17.2. The van der Waals surface area contributed by atoms with Crippen LogP contribution in [0.2, 0.25) is 5.02 Å². The van der Waals surface area contributed by atoms with Crippen molar-refractivity contribution in [1.82, 2.24) is 24.1 Å². The third kappa shape index (κ3) is 3.64. The van der Waals surface area contributed by atoms with Crippen LogP contribution in [0.25, 0.3) is 11.3 Å². The Morgan fingerprint density at radius 3 is 3.04 bits per heavy atom. The van der Waals surface area contributed by atoms with Crippen LogP contribution < -0.4 is 5.32 Å². The first-order valence-electron chi connectivity index (χ1n) is 6.78. The van der Waals surface area contributed by atoms with Gasteiger partial charge in [0.05, 0.1) is 47.8 Å². The maximum Gasteiger partial charge on any atom is 0.228 e. The van der Waals surface area contributed by atoms with E-state index in [1.54, 1.807) is 17.1 Å². The lowest BCUT2D eigenvalue weighted by molar-refractivity contribution is 0.628. The zero-order valence-electron chi connectivity index (χ0n) is 12.2. The standard InChI is InChI=1S/C14H12ClN7S/c1-9-5-12(23-21-9)19-14-17-7-11(15)13(20-14)10-6-18-22(8-10)4-2-3-16/h5-8H,2,4H2,1H3,(H,17,19,20). The Balaban J connectivity index is 1.85. The number of nitrogens with one attached hydrogen (secondary N) is 1. The molecular formula is C14H12ClN7S. The summed E-state index contributed by atoms with van der Waals surface area (Å²) in [6, 6.07) is 4.01. The fourth-order valence-electron chi connectivity index (χ4n) is 1.94. The van der Waals surface area contributed by atoms with E-state index >= 15 is 0 Å². The molecule has 3 heterocycles. The van der Waals surface area contributed by atoms with Crippen molar-refractivity contribution in [3.8, 4) is 17.3 Å². The first-order chi connectivity index (χ1) is 11.2. The van der Waals surface area contributed by atoms with Gasteiger partial charge in [0, 0.05) is 11.8 Å². The smallest absolute Gasteiger partial charge is 0.228 e. The normalized spacial score (nSPS) is 10.5. The van der Waals surface area contributed by atoms with Crippen LogP contribution in [-0.2, 0) is 6.54 Å². The molecule has 0 saturated carbocycles. The molecule has 0 atom stereocenters. The van der Waals surface area contributed by atoms with Crippen LogP contribution in [0.5, 0.6) is 0 Å². The summed E-state index contributed by atoms with van der Waals surface area (Å²) in [7, 11) is 0. The maximum absolute atomic E-state index is 8.63. The van der Waals surface area contributed by atoms with E-state index in [4.69, 9.17) is 16.9 Å². The van der Waals surface area contributed by atoms with Crippen LogP contribution in [-0.4, -0.2) is 24.1 Å². The molecule has 0 aliphatic carbocycles. The van der Waals surface area contributed by atoms with Crippen LogP contribution in [0.4, 0.5) is 10.9 Å². The number of anilines is 2. The van der Waals surface area contributed by atoms with Crippen molar-refractivity contribution in [2.45, 2.75) is 19.9 Å². The molecule has 0 saturated heterocycles. The molecule has 0 amide bonds. The van der Waals surface area contributed by atoms with Crippen molar-refractivity contribution in [1.29, 1.82) is 5.26 Å². The number of hydrogen-bond donors (Lipinski definition) is 1. The van der Waals surface area contributed by atoms with E-state index in [0.29, 0.717) is 29.6 Å². The SMILES string of the molecule is Cc1cc(Nc2ncc(Cl)c(-c3cnn(CCC#N)c3)n2)sn1. The summed E-state index contributed by atoms with van der Waals surface area (Å²) in [5.41, 5.74) is 2.30. The van der Waals surface area contributed by atoms with Crippen LogP contribution in [0, 0.1) is 18.3 Å². The molecule has 7 nitrogen and oxygen atoms in total. The van der Waals surface area contributed by atoms with Crippen molar-refractivity contribution in [3.05, 3.63) is 35.4 Å². The number of nitriles is 1. The predicted octanol–water partition coefficient (Wildman–Crippen LogP) is 3.42. The third-order valence-corrected chi connectivity index (χ3v) is 4.04. The molecule has 116 valence electrons. The average molecular weight is 346 g/mol. The molecule has 0 aliphatic rings. The molecule has 3 rings (SSSR count). The molecule has 0 aliphatic heterocycles. The summed E-state index contributed by atoms with van der Waals surface area (Å²) in [6.07, 6.45) is 5.43. The summed E-state index contributed by atoms with van der Waals surface area (Å²) in [5.74, 6) is 0.442. The average Bonchev–Trinajstić information content (AvgIpc) is 3.16. The van der Waals surface area contributed by atoms with Gasteiger partial charge in [0.1, 0.15) is 5.00 Å². The van der Waals surface area contributed by atoms with E-state index in [-0.39, 0.29) is 0 Å². The fraction of sp³-hybridized carbons (Fsp3) is 0.214. The van der Waals surface area contributed by atoms with Gasteiger partial charge in [-0.05, 0) is 24.5 Å². The highest BCUT2D eigenvalue weighted by Crippen LogP contribution is 2.27.